The van der Waals surface area contributed by atoms with Crippen LogP contribution in [-0.4, -0.2) is 37.5 Å². The van der Waals surface area contributed by atoms with Crippen LogP contribution < -0.4 is 5.32 Å². The van der Waals surface area contributed by atoms with E-state index in [-0.39, 0.29) is 11.2 Å². The quantitative estimate of drug-likeness (QED) is 0.538. The number of nitrogens with zero attached hydrogens (tertiary/aromatic N) is 4. The Hall–Kier alpha value is -2.67. The zero-order chi connectivity index (χ0) is 20.6. The maximum atomic E-state index is 12.7. The number of nitrogens with one attached hydrogen (secondary N) is 1. The van der Waals surface area contributed by atoms with Gasteiger partial charge in [-0.15, -0.1) is 10.2 Å². The molecule has 0 fully saturated rings. The van der Waals surface area contributed by atoms with Gasteiger partial charge in [0.05, 0.1) is 5.25 Å². The van der Waals surface area contributed by atoms with Crippen LogP contribution in [0.2, 0.25) is 0 Å². The summed E-state index contributed by atoms with van der Waals surface area (Å²) in [6.45, 7) is 7.46. The second-order valence-electron chi connectivity index (χ2n) is 6.81. The first kappa shape index (κ1) is 21.0. The summed E-state index contributed by atoms with van der Waals surface area (Å²) in [6.07, 6.45) is 4.46. The Morgan fingerprint density at radius 2 is 1.83 bits per heavy atom. The molecule has 2 atom stereocenters. The molecule has 1 N–H and O–H groups in total. The minimum atomic E-state index is -0.261. The van der Waals surface area contributed by atoms with Gasteiger partial charge in [0.15, 0.2) is 11.0 Å². The highest BCUT2D eigenvalue weighted by atomic mass is 32.2. The lowest BCUT2D eigenvalue weighted by Gasteiger charge is -2.18. The van der Waals surface area contributed by atoms with Crippen LogP contribution in [0.5, 0.6) is 0 Å². The first-order chi connectivity index (χ1) is 14.1. The third-order valence-electron chi connectivity index (χ3n) is 4.91. The van der Waals surface area contributed by atoms with Gasteiger partial charge < -0.3 is 9.88 Å². The van der Waals surface area contributed by atoms with Crippen molar-refractivity contribution in [3.05, 3.63) is 60.4 Å². The van der Waals surface area contributed by atoms with E-state index < -0.39 is 0 Å². The Bertz CT molecular complexity index is 913. The van der Waals surface area contributed by atoms with Crippen molar-refractivity contribution in [1.82, 2.24) is 25.1 Å². The second-order valence-corrected chi connectivity index (χ2v) is 8.12. The number of carbonyl (C=O) groups excluding carboxylic acids is 1. The molecule has 29 heavy (non-hydrogen) atoms. The van der Waals surface area contributed by atoms with E-state index in [1.54, 1.807) is 12.4 Å². The van der Waals surface area contributed by atoms with Gasteiger partial charge in [-0.25, -0.2) is 0 Å². The molecule has 152 valence electrons. The van der Waals surface area contributed by atoms with Crippen LogP contribution in [0.1, 0.15) is 38.7 Å². The summed E-state index contributed by atoms with van der Waals surface area (Å²) in [5.74, 6) is 1.12. The van der Waals surface area contributed by atoms with Gasteiger partial charge in [0.2, 0.25) is 5.91 Å². The van der Waals surface area contributed by atoms with Crippen LogP contribution in [0.3, 0.4) is 0 Å². The van der Waals surface area contributed by atoms with E-state index in [4.69, 9.17) is 0 Å². The molecule has 2 heterocycles. The summed E-state index contributed by atoms with van der Waals surface area (Å²) >= 11 is 1.44. The number of hydrogen-bond donors (Lipinski definition) is 1. The third-order valence-corrected chi connectivity index (χ3v) is 5.99. The summed E-state index contributed by atoms with van der Waals surface area (Å²) in [5.41, 5.74) is 2.22. The fraction of sp³-hybridized carbons (Fsp3) is 0.364. The first-order valence-corrected chi connectivity index (χ1v) is 10.8. The van der Waals surface area contributed by atoms with E-state index in [9.17, 15) is 4.79 Å². The van der Waals surface area contributed by atoms with Crippen molar-refractivity contribution < 1.29 is 4.79 Å². The van der Waals surface area contributed by atoms with Crippen LogP contribution in [-0.2, 0) is 11.3 Å². The standard InChI is InChI=1S/C22H27N5OS/c1-4-17(18-9-7-6-8-10-18)15-24-21(28)16(3)29-22-26-25-20(27(22)5-2)19-11-13-23-14-12-19/h6-14,16-17H,4-5,15H2,1-3H3,(H,24,28)/t16-,17-/m1/s1. The predicted molar refractivity (Wildman–Crippen MR) is 117 cm³/mol. The number of carbonyl (C=O) groups is 1. The van der Waals surface area contributed by atoms with Gasteiger partial charge in [0.1, 0.15) is 0 Å². The lowest BCUT2D eigenvalue weighted by molar-refractivity contribution is -0.120. The Balaban J connectivity index is 1.63. The number of hydrogen-bond acceptors (Lipinski definition) is 5. The molecule has 2 aromatic heterocycles. The zero-order valence-electron chi connectivity index (χ0n) is 17.1. The molecule has 0 bridgehead atoms. The van der Waals surface area contributed by atoms with Gasteiger partial charge in [-0.1, -0.05) is 49.0 Å². The van der Waals surface area contributed by atoms with Gasteiger partial charge in [0, 0.05) is 37.0 Å². The molecule has 0 aliphatic heterocycles. The molecule has 3 rings (SSSR count). The van der Waals surface area contributed by atoms with E-state index in [1.165, 1.54) is 17.3 Å². The number of pyridine rings is 1. The number of thioether (sulfide) groups is 1. The van der Waals surface area contributed by atoms with Crippen LogP contribution in [0.25, 0.3) is 11.4 Å². The third kappa shape index (κ3) is 5.23. The molecular formula is C22H27N5OS. The maximum absolute atomic E-state index is 12.7. The van der Waals surface area contributed by atoms with Crippen molar-refractivity contribution in [1.29, 1.82) is 0 Å². The van der Waals surface area contributed by atoms with E-state index in [1.807, 2.05) is 41.8 Å². The molecule has 0 saturated heterocycles. The van der Waals surface area contributed by atoms with Gasteiger partial charge in [-0.05, 0) is 38.0 Å². The second kappa shape index (κ2) is 10.2. The summed E-state index contributed by atoms with van der Waals surface area (Å²) in [5, 5.41) is 12.2. The summed E-state index contributed by atoms with van der Waals surface area (Å²) < 4.78 is 2.03. The molecule has 0 radical (unpaired) electrons. The topological polar surface area (TPSA) is 72.7 Å². The molecule has 6 nitrogen and oxygen atoms in total. The molecule has 0 unspecified atom stereocenters. The van der Waals surface area contributed by atoms with Gasteiger partial charge in [0.25, 0.3) is 0 Å². The van der Waals surface area contributed by atoms with Crippen LogP contribution >= 0.6 is 11.8 Å². The number of aromatic nitrogens is 4. The SMILES string of the molecule is CC[C@H](CNC(=O)[C@@H](C)Sc1nnc(-c2ccncc2)n1CC)c1ccccc1. The van der Waals surface area contributed by atoms with Gasteiger partial charge >= 0.3 is 0 Å². The summed E-state index contributed by atoms with van der Waals surface area (Å²) in [4.78, 5) is 16.7. The zero-order valence-corrected chi connectivity index (χ0v) is 17.9. The fourth-order valence-electron chi connectivity index (χ4n) is 3.18. The summed E-state index contributed by atoms with van der Waals surface area (Å²) in [6, 6.07) is 14.1. The first-order valence-electron chi connectivity index (χ1n) is 9.96. The van der Waals surface area contributed by atoms with Crippen molar-refractivity contribution >= 4 is 17.7 Å². The molecule has 0 aliphatic carbocycles. The largest absolute Gasteiger partial charge is 0.355 e. The predicted octanol–water partition coefficient (Wildman–Crippen LogP) is 4.15. The summed E-state index contributed by atoms with van der Waals surface area (Å²) in [7, 11) is 0. The van der Waals surface area contributed by atoms with E-state index in [2.05, 4.69) is 46.5 Å². The smallest absolute Gasteiger partial charge is 0.233 e. The number of rotatable bonds is 9. The van der Waals surface area contributed by atoms with Crippen molar-refractivity contribution in [3.8, 4) is 11.4 Å². The normalized spacial score (nSPS) is 13.1. The average Bonchev–Trinajstić information content (AvgIpc) is 3.17. The average molecular weight is 410 g/mol. The molecule has 0 saturated carbocycles. The lowest BCUT2D eigenvalue weighted by Crippen LogP contribution is -2.34. The molecule has 3 aromatic rings. The highest BCUT2D eigenvalue weighted by Crippen LogP contribution is 2.27. The monoisotopic (exact) mass is 409 g/mol. The van der Waals surface area contributed by atoms with Gasteiger partial charge in [-0.2, -0.15) is 0 Å². The van der Waals surface area contributed by atoms with Crippen LogP contribution in [0, 0.1) is 0 Å². The Morgan fingerprint density at radius 3 is 2.48 bits per heavy atom. The van der Waals surface area contributed by atoms with E-state index >= 15 is 0 Å². The van der Waals surface area contributed by atoms with Crippen molar-refractivity contribution in [2.45, 2.75) is 50.1 Å². The molecule has 0 spiro atoms. The lowest BCUT2D eigenvalue weighted by atomic mass is 9.96. The highest BCUT2D eigenvalue weighted by Gasteiger charge is 2.21. The number of benzene rings is 1. The molecule has 7 heteroatoms. The maximum Gasteiger partial charge on any atom is 0.233 e. The number of amides is 1. The van der Waals surface area contributed by atoms with Crippen molar-refractivity contribution in [3.63, 3.8) is 0 Å². The van der Waals surface area contributed by atoms with Gasteiger partial charge in [-0.3, -0.25) is 9.78 Å². The Labute approximate surface area is 176 Å². The highest BCUT2D eigenvalue weighted by molar-refractivity contribution is 8.00. The minimum Gasteiger partial charge on any atom is -0.355 e. The molecule has 1 aromatic carbocycles. The Morgan fingerprint density at radius 1 is 1.10 bits per heavy atom. The van der Waals surface area contributed by atoms with E-state index in [0.29, 0.717) is 12.5 Å². The van der Waals surface area contributed by atoms with Crippen molar-refractivity contribution in [2.75, 3.05) is 6.54 Å². The molecular weight excluding hydrogens is 382 g/mol. The Kier molecular flexibility index (Phi) is 7.41. The van der Waals surface area contributed by atoms with E-state index in [0.717, 1.165) is 29.5 Å². The fourth-order valence-corrected chi connectivity index (χ4v) is 4.12. The molecule has 1 amide bonds. The van der Waals surface area contributed by atoms with Crippen molar-refractivity contribution in [2.24, 2.45) is 0 Å². The minimum absolute atomic E-state index is 0.0143. The van der Waals surface area contributed by atoms with Crippen LogP contribution in [0.4, 0.5) is 0 Å². The molecule has 0 aliphatic rings. The van der Waals surface area contributed by atoms with Crippen LogP contribution in [0.15, 0.2) is 60.0 Å².